The first-order valence-corrected chi connectivity index (χ1v) is 9.20. The van der Waals surface area contributed by atoms with Gasteiger partial charge in [0, 0.05) is 11.1 Å². The van der Waals surface area contributed by atoms with Gasteiger partial charge in [-0.1, -0.05) is 66.7 Å². The summed E-state index contributed by atoms with van der Waals surface area (Å²) in [5, 5.41) is 14.0. The summed E-state index contributed by atoms with van der Waals surface area (Å²) in [4.78, 5) is 13.3. The average Bonchev–Trinajstić information content (AvgIpc) is 3.32. The number of fused-ring (bicyclic) bond motifs is 1. The van der Waals surface area contributed by atoms with Crippen molar-refractivity contribution in [2.75, 3.05) is 0 Å². The second kappa shape index (κ2) is 7.16. The predicted molar refractivity (Wildman–Crippen MR) is 108 cm³/mol. The second-order valence-electron chi connectivity index (χ2n) is 6.69. The largest absolute Gasteiger partial charge is 0.480 e. The summed E-state index contributed by atoms with van der Waals surface area (Å²) in [6.07, 6.45) is 1.42. The summed E-state index contributed by atoms with van der Waals surface area (Å²) < 4.78 is 6.23. The molecule has 1 unspecified atom stereocenters. The van der Waals surface area contributed by atoms with E-state index in [2.05, 4.69) is 20.6 Å². The average molecular weight is 380 g/mol. The second-order valence-corrected chi connectivity index (χ2v) is 6.69. The molecule has 0 aliphatic carbocycles. The van der Waals surface area contributed by atoms with Crippen molar-refractivity contribution in [2.24, 2.45) is 0 Å². The van der Waals surface area contributed by atoms with Gasteiger partial charge in [0.1, 0.15) is 5.75 Å². The number of ketones is 1. The molecule has 0 fully saturated rings. The van der Waals surface area contributed by atoms with E-state index >= 15 is 0 Å². The van der Waals surface area contributed by atoms with E-state index in [1.165, 1.54) is 0 Å². The molecule has 1 N–H and O–H groups in total. The Labute approximate surface area is 166 Å². The van der Waals surface area contributed by atoms with Crippen molar-refractivity contribution in [2.45, 2.75) is 6.10 Å². The zero-order valence-corrected chi connectivity index (χ0v) is 15.3. The van der Waals surface area contributed by atoms with Gasteiger partial charge >= 0.3 is 0 Å². The highest BCUT2D eigenvalue weighted by Crippen LogP contribution is 2.39. The number of hydrogen-bond donors (Lipinski definition) is 1. The fourth-order valence-electron chi connectivity index (χ4n) is 3.43. The number of H-pyrrole nitrogens is 1. The maximum Gasteiger partial charge on any atom is 0.204 e. The van der Waals surface area contributed by atoms with Crippen LogP contribution in [-0.4, -0.2) is 26.4 Å². The van der Waals surface area contributed by atoms with Crippen molar-refractivity contribution in [1.82, 2.24) is 20.6 Å². The zero-order chi connectivity index (χ0) is 19.6. The van der Waals surface area contributed by atoms with Gasteiger partial charge in [0.15, 0.2) is 11.9 Å². The van der Waals surface area contributed by atoms with Gasteiger partial charge in [0.05, 0.1) is 5.56 Å². The van der Waals surface area contributed by atoms with Crippen LogP contribution in [0.5, 0.6) is 5.75 Å². The first kappa shape index (κ1) is 17.1. The third-order valence-electron chi connectivity index (χ3n) is 4.86. The molecule has 0 bridgehead atoms. The van der Waals surface area contributed by atoms with Crippen molar-refractivity contribution in [3.8, 4) is 17.1 Å². The number of para-hydroxylation sites is 1. The number of carbonyl (C=O) groups excluding carboxylic acids is 1. The monoisotopic (exact) mass is 380 g/mol. The minimum atomic E-state index is -0.463. The molecule has 5 rings (SSSR count). The maximum absolute atomic E-state index is 13.3. The Morgan fingerprint density at radius 2 is 1.66 bits per heavy atom. The SMILES string of the molecule is O=C1/C(=C\c2ccc(-c3nn[nH]n3)cc2)C(c2ccccc2)Oc2ccccc21. The molecule has 29 heavy (non-hydrogen) atoms. The molecule has 140 valence electrons. The third-order valence-corrected chi connectivity index (χ3v) is 4.86. The Morgan fingerprint density at radius 1 is 0.897 bits per heavy atom. The van der Waals surface area contributed by atoms with Crippen LogP contribution in [0, 0.1) is 0 Å². The van der Waals surface area contributed by atoms with E-state index in [9.17, 15) is 4.79 Å². The van der Waals surface area contributed by atoms with E-state index in [-0.39, 0.29) is 5.78 Å². The highest BCUT2D eigenvalue weighted by molar-refractivity contribution is 6.14. The molecule has 3 aromatic carbocycles. The first-order valence-electron chi connectivity index (χ1n) is 9.20. The van der Waals surface area contributed by atoms with Gasteiger partial charge in [-0.05, 0) is 34.5 Å². The first-order chi connectivity index (χ1) is 14.3. The van der Waals surface area contributed by atoms with Crippen LogP contribution in [0.2, 0.25) is 0 Å². The van der Waals surface area contributed by atoms with Gasteiger partial charge in [-0.3, -0.25) is 4.79 Å². The van der Waals surface area contributed by atoms with Gasteiger partial charge in [-0.15, -0.1) is 10.2 Å². The van der Waals surface area contributed by atoms with Crippen LogP contribution in [0.1, 0.15) is 27.6 Å². The standard InChI is InChI=1S/C23H16N4O2/c28-21-18-8-4-5-9-20(18)29-22(16-6-2-1-3-7-16)19(21)14-15-10-12-17(13-11-15)23-24-26-27-25-23/h1-14,22H,(H,24,25,26,27)/b19-14+. The van der Waals surface area contributed by atoms with Crippen LogP contribution in [-0.2, 0) is 0 Å². The van der Waals surface area contributed by atoms with Gasteiger partial charge in [-0.25, -0.2) is 0 Å². The Morgan fingerprint density at radius 3 is 2.41 bits per heavy atom. The molecule has 6 nitrogen and oxygen atoms in total. The molecule has 0 spiro atoms. The highest BCUT2D eigenvalue weighted by Gasteiger charge is 2.32. The van der Waals surface area contributed by atoms with Gasteiger partial charge in [0.2, 0.25) is 5.82 Å². The highest BCUT2D eigenvalue weighted by atomic mass is 16.5. The third kappa shape index (κ3) is 3.21. The van der Waals surface area contributed by atoms with Crippen LogP contribution >= 0.6 is 0 Å². The number of aromatic nitrogens is 4. The molecule has 1 aliphatic heterocycles. The molecule has 0 radical (unpaired) electrons. The molecule has 0 amide bonds. The number of Topliss-reactive ketones (excluding diaryl/α,β-unsaturated/α-hetero) is 1. The minimum Gasteiger partial charge on any atom is -0.480 e. The molecule has 1 aromatic heterocycles. The van der Waals surface area contributed by atoms with Gasteiger partial charge < -0.3 is 4.74 Å². The summed E-state index contributed by atoms with van der Waals surface area (Å²) in [5.41, 5.74) is 3.85. The number of ether oxygens (including phenoxy) is 1. The summed E-state index contributed by atoms with van der Waals surface area (Å²) in [5.74, 6) is 1.11. The van der Waals surface area contributed by atoms with E-state index in [0.717, 1.165) is 16.7 Å². The molecular weight excluding hydrogens is 364 g/mol. The molecule has 6 heteroatoms. The van der Waals surface area contributed by atoms with E-state index in [0.29, 0.717) is 22.7 Å². The lowest BCUT2D eigenvalue weighted by Crippen LogP contribution is -2.23. The summed E-state index contributed by atoms with van der Waals surface area (Å²) in [6, 6.07) is 24.8. The maximum atomic E-state index is 13.3. The smallest absolute Gasteiger partial charge is 0.204 e. The fourth-order valence-corrected chi connectivity index (χ4v) is 3.43. The Kier molecular flexibility index (Phi) is 4.22. The normalized spacial score (nSPS) is 17.0. The number of nitrogens with zero attached hydrogens (tertiary/aromatic N) is 3. The van der Waals surface area contributed by atoms with Crippen molar-refractivity contribution >= 4 is 11.9 Å². The Balaban J connectivity index is 1.57. The molecular formula is C23H16N4O2. The number of tetrazole rings is 1. The van der Waals surface area contributed by atoms with Crippen molar-refractivity contribution in [1.29, 1.82) is 0 Å². The number of benzene rings is 3. The van der Waals surface area contributed by atoms with E-state index in [1.807, 2.05) is 78.9 Å². The summed E-state index contributed by atoms with van der Waals surface area (Å²) in [6.45, 7) is 0. The predicted octanol–water partition coefficient (Wildman–Crippen LogP) is 4.27. The lowest BCUT2D eigenvalue weighted by molar-refractivity contribution is 0.0963. The van der Waals surface area contributed by atoms with Crippen molar-refractivity contribution < 1.29 is 9.53 Å². The number of carbonyl (C=O) groups is 1. The number of hydrogen-bond acceptors (Lipinski definition) is 5. The van der Waals surface area contributed by atoms with Crippen LogP contribution in [0.15, 0.2) is 84.4 Å². The number of rotatable bonds is 3. The molecule has 0 saturated heterocycles. The zero-order valence-electron chi connectivity index (χ0n) is 15.3. The van der Waals surface area contributed by atoms with E-state index in [1.54, 1.807) is 6.07 Å². The quantitative estimate of drug-likeness (QED) is 0.537. The van der Waals surface area contributed by atoms with Crippen LogP contribution in [0.25, 0.3) is 17.5 Å². The topological polar surface area (TPSA) is 80.8 Å². The molecule has 1 atom stereocenters. The minimum absolute atomic E-state index is 0.0250. The Hall–Kier alpha value is -4.06. The summed E-state index contributed by atoms with van der Waals surface area (Å²) >= 11 is 0. The molecule has 4 aromatic rings. The molecule has 1 aliphatic rings. The molecule has 0 saturated carbocycles. The van der Waals surface area contributed by atoms with Crippen molar-refractivity contribution in [3.63, 3.8) is 0 Å². The van der Waals surface area contributed by atoms with E-state index in [4.69, 9.17) is 4.74 Å². The van der Waals surface area contributed by atoms with Crippen molar-refractivity contribution in [3.05, 3.63) is 101 Å². The molecule has 2 heterocycles. The number of nitrogens with one attached hydrogen (secondary N) is 1. The summed E-state index contributed by atoms with van der Waals surface area (Å²) in [7, 11) is 0. The van der Waals surface area contributed by atoms with Crippen LogP contribution < -0.4 is 4.74 Å². The van der Waals surface area contributed by atoms with Crippen LogP contribution in [0.3, 0.4) is 0 Å². The van der Waals surface area contributed by atoms with Gasteiger partial charge in [-0.2, -0.15) is 5.21 Å². The lowest BCUT2D eigenvalue weighted by atomic mass is 9.89. The lowest BCUT2D eigenvalue weighted by Gasteiger charge is -2.28. The fraction of sp³-hybridized carbons (Fsp3) is 0.0435. The van der Waals surface area contributed by atoms with Gasteiger partial charge in [0.25, 0.3) is 0 Å². The van der Waals surface area contributed by atoms with E-state index < -0.39 is 6.10 Å². The van der Waals surface area contributed by atoms with Crippen LogP contribution in [0.4, 0.5) is 0 Å². The number of aromatic amines is 1. The Bertz CT molecular complexity index is 1180.